The Balaban J connectivity index is 0. The molecule has 0 saturated carbocycles. The Kier molecular flexibility index (Phi) is 18.4. The van der Waals surface area contributed by atoms with Crippen molar-refractivity contribution in [3.63, 3.8) is 0 Å². The number of hydrogen-bond acceptors (Lipinski definition) is 0. The van der Waals surface area contributed by atoms with Crippen LogP contribution in [0.25, 0.3) is 0 Å². The summed E-state index contributed by atoms with van der Waals surface area (Å²) in [4.78, 5) is 0. The van der Waals surface area contributed by atoms with Gasteiger partial charge in [-0.2, -0.15) is 0 Å². The number of rotatable bonds is 14. The third-order valence-corrected chi connectivity index (χ3v) is 4.44. The highest BCUT2D eigenvalue weighted by Crippen LogP contribution is 2.17. The van der Waals surface area contributed by atoms with Gasteiger partial charge in [0.25, 0.3) is 0 Å². The maximum Gasteiger partial charge on any atom is 0.0786 e. The van der Waals surface area contributed by atoms with Crippen molar-refractivity contribution >= 4 is 0 Å². The zero-order chi connectivity index (χ0) is 14.4. The highest BCUT2D eigenvalue weighted by molar-refractivity contribution is 4.50. The summed E-state index contributed by atoms with van der Waals surface area (Å²) in [6.45, 7) is 15.1. The van der Waals surface area contributed by atoms with Crippen molar-refractivity contribution in [3.05, 3.63) is 0 Å². The fraction of sp³-hybridized carbons (Fsp3) is 1.00. The number of quaternary nitrogens is 1. The van der Waals surface area contributed by atoms with Gasteiger partial charge in [0.1, 0.15) is 0 Å². The molecule has 0 aliphatic heterocycles. The molecule has 0 amide bonds. The van der Waals surface area contributed by atoms with Crippen molar-refractivity contribution in [1.29, 1.82) is 0 Å². The fourth-order valence-electron chi connectivity index (χ4n) is 3.03. The van der Waals surface area contributed by atoms with E-state index in [0.717, 1.165) is 0 Å². The van der Waals surface area contributed by atoms with E-state index in [4.69, 9.17) is 0 Å². The van der Waals surface area contributed by atoms with Gasteiger partial charge in [0.2, 0.25) is 0 Å². The van der Waals surface area contributed by atoms with Gasteiger partial charge in [0.15, 0.2) is 0 Å². The molecule has 0 aliphatic carbocycles. The van der Waals surface area contributed by atoms with Crippen molar-refractivity contribution in [2.45, 2.75) is 91.9 Å². The Bertz CT molecular complexity index is 160. The average molecular weight is 397 g/mol. The van der Waals surface area contributed by atoms with Gasteiger partial charge in [-0.05, 0) is 32.1 Å². The van der Waals surface area contributed by atoms with Gasteiger partial charge in [-0.15, -0.1) is 0 Å². The standard InChI is InChI=1S/C18H40N.HI/c1-5-9-13-14-18-19(15-10-6-2,16-11-7-3)17-12-8-4;/h5-18H2,1-4H3;1H/q+1;/p-1. The second kappa shape index (κ2) is 16.1. The van der Waals surface area contributed by atoms with Crippen LogP contribution in [0.2, 0.25) is 0 Å². The number of hydrogen-bond donors (Lipinski definition) is 0. The van der Waals surface area contributed by atoms with E-state index < -0.39 is 0 Å². The zero-order valence-corrected chi connectivity index (χ0v) is 16.9. The highest BCUT2D eigenvalue weighted by atomic mass is 127. The Morgan fingerprint density at radius 1 is 0.450 bits per heavy atom. The molecule has 0 aromatic heterocycles. The van der Waals surface area contributed by atoms with Gasteiger partial charge in [-0.1, -0.05) is 59.8 Å². The van der Waals surface area contributed by atoms with Gasteiger partial charge < -0.3 is 28.5 Å². The first kappa shape index (κ1) is 23.0. The van der Waals surface area contributed by atoms with Crippen LogP contribution in [0.3, 0.4) is 0 Å². The molecule has 124 valence electrons. The Morgan fingerprint density at radius 3 is 1.15 bits per heavy atom. The van der Waals surface area contributed by atoms with Crippen molar-refractivity contribution in [3.8, 4) is 0 Å². The van der Waals surface area contributed by atoms with E-state index in [0.29, 0.717) is 0 Å². The molecule has 0 spiro atoms. The zero-order valence-electron chi connectivity index (χ0n) is 14.7. The van der Waals surface area contributed by atoms with E-state index in [1.807, 2.05) is 0 Å². The lowest BCUT2D eigenvalue weighted by Crippen LogP contribution is -3.00. The predicted molar refractivity (Wildman–Crippen MR) is 88.6 cm³/mol. The first-order chi connectivity index (χ1) is 9.24. The molecule has 1 nitrogen and oxygen atoms in total. The normalized spacial score (nSPS) is 11.4. The van der Waals surface area contributed by atoms with Crippen LogP contribution in [0.4, 0.5) is 0 Å². The summed E-state index contributed by atoms with van der Waals surface area (Å²) in [6, 6.07) is 0. The summed E-state index contributed by atoms with van der Waals surface area (Å²) in [5, 5.41) is 0. The molecule has 0 saturated heterocycles. The Hall–Kier alpha value is 0.690. The molecule has 0 heterocycles. The third kappa shape index (κ3) is 11.4. The topological polar surface area (TPSA) is 0 Å². The first-order valence-electron chi connectivity index (χ1n) is 9.09. The quantitative estimate of drug-likeness (QED) is 0.240. The van der Waals surface area contributed by atoms with Crippen molar-refractivity contribution < 1.29 is 28.5 Å². The summed E-state index contributed by atoms with van der Waals surface area (Å²) < 4.78 is 1.43. The maximum atomic E-state index is 2.34. The maximum absolute atomic E-state index is 2.34. The number of halogens is 1. The number of nitrogens with zero attached hydrogens (tertiary/aromatic N) is 1. The smallest absolute Gasteiger partial charge is 0.0786 e. The van der Waals surface area contributed by atoms with Gasteiger partial charge in [0.05, 0.1) is 26.2 Å². The highest BCUT2D eigenvalue weighted by Gasteiger charge is 2.24. The summed E-state index contributed by atoms with van der Waals surface area (Å²) in [7, 11) is 0. The fourth-order valence-corrected chi connectivity index (χ4v) is 3.03. The SMILES string of the molecule is CCCCCC[N+](CCCC)(CCCC)CCCC.[I-]. The molecule has 0 bridgehead atoms. The van der Waals surface area contributed by atoms with Crippen LogP contribution in [0.1, 0.15) is 91.9 Å². The van der Waals surface area contributed by atoms with E-state index in [1.54, 1.807) is 0 Å². The molecule has 2 heteroatoms. The lowest BCUT2D eigenvalue weighted by Gasteiger charge is -2.39. The lowest BCUT2D eigenvalue weighted by atomic mass is 10.1. The summed E-state index contributed by atoms with van der Waals surface area (Å²) in [5.41, 5.74) is 0. The molecular weight excluding hydrogens is 357 g/mol. The Labute approximate surface area is 146 Å². The minimum absolute atomic E-state index is 0. The largest absolute Gasteiger partial charge is 1.00 e. The summed E-state index contributed by atoms with van der Waals surface area (Å²) in [6.07, 6.45) is 14.0. The molecule has 0 aromatic rings. The minimum atomic E-state index is 0. The van der Waals surface area contributed by atoms with E-state index in [1.165, 1.54) is 94.9 Å². The van der Waals surface area contributed by atoms with Crippen molar-refractivity contribution in [1.82, 2.24) is 0 Å². The van der Waals surface area contributed by atoms with Crippen molar-refractivity contribution in [2.24, 2.45) is 0 Å². The van der Waals surface area contributed by atoms with Crippen molar-refractivity contribution in [2.75, 3.05) is 26.2 Å². The monoisotopic (exact) mass is 397 g/mol. The molecule has 0 fully saturated rings. The first-order valence-corrected chi connectivity index (χ1v) is 9.09. The van der Waals surface area contributed by atoms with Crippen LogP contribution < -0.4 is 24.0 Å². The molecule has 20 heavy (non-hydrogen) atoms. The van der Waals surface area contributed by atoms with E-state index in [2.05, 4.69) is 27.7 Å². The number of unbranched alkanes of at least 4 members (excludes halogenated alkanes) is 6. The molecule has 0 N–H and O–H groups in total. The molecule has 0 atom stereocenters. The average Bonchev–Trinajstić information content (AvgIpc) is 2.44. The molecule has 0 radical (unpaired) electrons. The summed E-state index contributed by atoms with van der Waals surface area (Å²) >= 11 is 0. The van der Waals surface area contributed by atoms with Crippen LogP contribution in [0, 0.1) is 0 Å². The van der Waals surface area contributed by atoms with Crippen LogP contribution in [0.5, 0.6) is 0 Å². The van der Waals surface area contributed by atoms with Crippen LogP contribution in [-0.4, -0.2) is 30.7 Å². The van der Waals surface area contributed by atoms with Crippen LogP contribution in [0.15, 0.2) is 0 Å². The second-order valence-electron chi connectivity index (χ2n) is 6.36. The molecule has 0 aromatic carbocycles. The minimum Gasteiger partial charge on any atom is -1.00 e. The molecule has 0 aliphatic rings. The van der Waals surface area contributed by atoms with Crippen LogP contribution >= 0.6 is 0 Å². The van der Waals surface area contributed by atoms with E-state index in [-0.39, 0.29) is 24.0 Å². The van der Waals surface area contributed by atoms with Gasteiger partial charge in [0, 0.05) is 0 Å². The van der Waals surface area contributed by atoms with Crippen LogP contribution in [-0.2, 0) is 0 Å². The van der Waals surface area contributed by atoms with Gasteiger partial charge in [-0.3, -0.25) is 0 Å². The van der Waals surface area contributed by atoms with Gasteiger partial charge >= 0.3 is 0 Å². The summed E-state index contributed by atoms with van der Waals surface area (Å²) in [5.74, 6) is 0. The third-order valence-electron chi connectivity index (χ3n) is 4.44. The molecule has 0 rings (SSSR count). The second-order valence-corrected chi connectivity index (χ2v) is 6.36. The molecule has 0 unspecified atom stereocenters. The molecular formula is C18H40IN. The van der Waals surface area contributed by atoms with E-state index in [9.17, 15) is 0 Å². The van der Waals surface area contributed by atoms with E-state index >= 15 is 0 Å². The lowest BCUT2D eigenvalue weighted by molar-refractivity contribution is -0.929. The predicted octanol–water partition coefficient (Wildman–Crippen LogP) is 2.79. The van der Waals surface area contributed by atoms with Gasteiger partial charge in [-0.25, -0.2) is 0 Å². The Morgan fingerprint density at radius 2 is 0.800 bits per heavy atom.